The third-order valence-electron chi connectivity index (χ3n) is 2.60. The monoisotopic (exact) mass is 269 g/mol. The Hall–Kier alpha value is -1.62. The summed E-state index contributed by atoms with van der Waals surface area (Å²) in [6, 6.07) is 5.87. The summed E-state index contributed by atoms with van der Waals surface area (Å²) in [5, 5.41) is 0. The maximum Gasteiger partial charge on any atom is 0.320 e. The first kappa shape index (κ1) is 15.4. The summed E-state index contributed by atoms with van der Waals surface area (Å²) in [6.45, 7) is 6.21. The van der Waals surface area contributed by atoms with E-state index in [0.717, 1.165) is 6.54 Å². The van der Waals surface area contributed by atoms with E-state index < -0.39 is 0 Å². The molecule has 5 heteroatoms. The summed E-state index contributed by atoms with van der Waals surface area (Å²) >= 11 is 0. The lowest BCUT2D eigenvalue weighted by Crippen LogP contribution is -2.34. The smallest absolute Gasteiger partial charge is 0.320 e. The molecule has 4 nitrogen and oxygen atoms in total. The Balaban J connectivity index is 2.29. The Kier molecular flexibility index (Phi) is 6.89. The van der Waals surface area contributed by atoms with Gasteiger partial charge in [0.1, 0.15) is 18.2 Å². The SMILES string of the molecule is CCOC(=O)CN(CC)CCOc1ccc(F)cc1. The fraction of sp³-hybridized carbons (Fsp3) is 0.500. The number of esters is 1. The van der Waals surface area contributed by atoms with Gasteiger partial charge in [-0.25, -0.2) is 4.39 Å². The second-order valence-electron chi connectivity index (χ2n) is 3.98. The number of rotatable bonds is 8. The zero-order valence-corrected chi connectivity index (χ0v) is 11.4. The van der Waals surface area contributed by atoms with Crippen LogP contribution in [0, 0.1) is 5.82 Å². The maximum absolute atomic E-state index is 12.7. The van der Waals surface area contributed by atoms with Gasteiger partial charge in [0.25, 0.3) is 0 Å². The molecular formula is C14H20FNO3. The first-order chi connectivity index (χ1) is 9.15. The van der Waals surface area contributed by atoms with Gasteiger partial charge < -0.3 is 9.47 Å². The first-order valence-corrected chi connectivity index (χ1v) is 6.42. The molecule has 0 heterocycles. The molecule has 0 saturated carbocycles. The van der Waals surface area contributed by atoms with Crippen LogP contribution in [-0.4, -0.2) is 43.7 Å². The minimum atomic E-state index is -0.287. The highest BCUT2D eigenvalue weighted by Gasteiger charge is 2.09. The van der Waals surface area contributed by atoms with Gasteiger partial charge in [0, 0.05) is 6.54 Å². The zero-order valence-electron chi connectivity index (χ0n) is 11.4. The third kappa shape index (κ3) is 6.20. The second-order valence-corrected chi connectivity index (χ2v) is 3.98. The molecule has 0 bridgehead atoms. The Morgan fingerprint density at radius 2 is 1.95 bits per heavy atom. The maximum atomic E-state index is 12.7. The molecule has 0 unspecified atom stereocenters. The summed E-state index contributed by atoms with van der Waals surface area (Å²) < 4.78 is 23.1. The molecule has 1 rings (SSSR count). The molecule has 0 spiro atoms. The summed E-state index contributed by atoms with van der Waals surface area (Å²) in [7, 11) is 0. The summed E-state index contributed by atoms with van der Waals surface area (Å²) in [6.07, 6.45) is 0. The van der Waals surface area contributed by atoms with Crippen LogP contribution in [0.2, 0.25) is 0 Å². The molecule has 0 saturated heterocycles. The van der Waals surface area contributed by atoms with Gasteiger partial charge in [0.05, 0.1) is 13.2 Å². The number of carbonyl (C=O) groups excluding carboxylic acids is 1. The topological polar surface area (TPSA) is 38.8 Å². The normalized spacial score (nSPS) is 10.5. The van der Waals surface area contributed by atoms with E-state index in [0.29, 0.717) is 25.5 Å². The first-order valence-electron chi connectivity index (χ1n) is 6.42. The Morgan fingerprint density at radius 1 is 1.26 bits per heavy atom. The molecule has 0 aliphatic heterocycles. The number of halogens is 1. The quantitative estimate of drug-likeness (QED) is 0.677. The molecule has 1 aromatic rings. The van der Waals surface area contributed by atoms with Crippen LogP contribution in [0.4, 0.5) is 4.39 Å². The zero-order chi connectivity index (χ0) is 14.1. The van der Waals surface area contributed by atoms with Gasteiger partial charge in [-0.05, 0) is 37.7 Å². The Bertz CT molecular complexity index is 381. The van der Waals surface area contributed by atoms with Crippen molar-refractivity contribution in [3.63, 3.8) is 0 Å². The molecule has 0 aliphatic rings. The van der Waals surface area contributed by atoms with Gasteiger partial charge in [0.2, 0.25) is 0 Å². The van der Waals surface area contributed by atoms with E-state index in [1.807, 2.05) is 11.8 Å². The van der Waals surface area contributed by atoms with E-state index in [1.165, 1.54) is 12.1 Å². The molecule has 0 atom stereocenters. The highest BCUT2D eigenvalue weighted by atomic mass is 19.1. The number of carbonyl (C=O) groups is 1. The summed E-state index contributed by atoms with van der Waals surface area (Å²) in [5.74, 6) is 0.101. The highest BCUT2D eigenvalue weighted by Crippen LogP contribution is 2.10. The van der Waals surface area contributed by atoms with Crippen LogP contribution in [-0.2, 0) is 9.53 Å². The average molecular weight is 269 g/mol. The Morgan fingerprint density at radius 3 is 2.53 bits per heavy atom. The van der Waals surface area contributed by atoms with Crippen molar-refractivity contribution in [2.24, 2.45) is 0 Å². The number of hydrogen-bond acceptors (Lipinski definition) is 4. The molecule has 106 valence electrons. The number of hydrogen-bond donors (Lipinski definition) is 0. The molecule has 0 amide bonds. The molecule has 19 heavy (non-hydrogen) atoms. The largest absolute Gasteiger partial charge is 0.492 e. The van der Waals surface area contributed by atoms with Crippen LogP contribution < -0.4 is 4.74 Å². The van der Waals surface area contributed by atoms with Gasteiger partial charge in [-0.3, -0.25) is 9.69 Å². The summed E-state index contributed by atoms with van der Waals surface area (Å²) in [4.78, 5) is 13.3. The molecule has 0 fully saturated rings. The van der Waals surface area contributed by atoms with Crippen molar-refractivity contribution in [1.82, 2.24) is 4.90 Å². The van der Waals surface area contributed by atoms with E-state index in [4.69, 9.17) is 9.47 Å². The van der Waals surface area contributed by atoms with Gasteiger partial charge in [-0.2, -0.15) is 0 Å². The van der Waals surface area contributed by atoms with E-state index in [2.05, 4.69) is 0 Å². The van der Waals surface area contributed by atoms with Gasteiger partial charge in [0.15, 0.2) is 0 Å². The van der Waals surface area contributed by atoms with Crippen LogP contribution in [0.25, 0.3) is 0 Å². The second kappa shape index (κ2) is 8.48. The van der Waals surface area contributed by atoms with Crippen LogP contribution in [0.1, 0.15) is 13.8 Å². The van der Waals surface area contributed by atoms with E-state index in [1.54, 1.807) is 19.1 Å². The minimum Gasteiger partial charge on any atom is -0.492 e. The number of likely N-dealkylation sites (N-methyl/N-ethyl adjacent to an activating group) is 1. The van der Waals surface area contributed by atoms with Crippen molar-refractivity contribution in [3.05, 3.63) is 30.1 Å². The lowest BCUT2D eigenvalue weighted by Gasteiger charge is -2.19. The molecular weight excluding hydrogens is 249 g/mol. The predicted molar refractivity (Wildman–Crippen MR) is 70.6 cm³/mol. The summed E-state index contributed by atoms with van der Waals surface area (Å²) in [5.41, 5.74) is 0. The van der Waals surface area contributed by atoms with Crippen molar-refractivity contribution in [1.29, 1.82) is 0 Å². The van der Waals surface area contributed by atoms with Crippen molar-refractivity contribution in [2.45, 2.75) is 13.8 Å². The van der Waals surface area contributed by atoms with E-state index in [9.17, 15) is 9.18 Å². The van der Waals surface area contributed by atoms with E-state index >= 15 is 0 Å². The van der Waals surface area contributed by atoms with Crippen molar-refractivity contribution in [3.8, 4) is 5.75 Å². The number of ether oxygens (including phenoxy) is 2. The van der Waals surface area contributed by atoms with Crippen molar-refractivity contribution < 1.29 is 18.7 Å². The lowest BCUT2D eigenvalue weighted by molar-refractivity contribution is -0.144. The van der Waals surface area contributed by atoms with Gasteiger partial charge >= 0.3 is 5.97 Å². The van der Waals surface area contributed by atoms with Crippen LogP contribution in [0.15, 0.2) is 24.3 Å². The van der Waals surface area contributed by atoms with Crippen LogP contribution in [0.3, 0.4) is 0 Å². The fourth-order valence-corrected chi connectivity index (χ4v) is 1.56. The Labute approximate surface area is 113 Å². The third-order valence-corrected chi connectivity index (χ3v) is 2.60. The fourth-order valence-electron chi connectivity index (χ4n) is 1.56. The molecule has 0 N–H and O–H groups in total. The molecule has 0 aliphatic carbocycles. The highest BCUT2D eigenvalue weighted by molar-refractivity contribution is 5.71. The van der Waals surface area contributed by atoms with Crippen LogP contribution >= 0.6 is 0 Å². The van der Waals surface area contributed by atoms with Crippen LogP contribution in [0.5, 0.6) is 5.75 Å². The molecule has 1 aromatic carbocycles. The molecule has 0 aromatic heterocycles. The standard InChI is InChI=1S/C14H20FNO3/c1-3-16(11-14(17)18-4-2)9-10-19-13-7-5-12(15)6-8-13/h5-8H,3-4,9-11H2,1-2H3. The van der Waals surface area contributed by atoms with Crippen molar-refractivity contribution in [2.75, 3.05) is 32.8 Å². The van der Waals surface area contributed by atoms with Gasteiger partial charge in [-0.15, -0.1) is 0 Å². The van der Waals surface area contributed by atoms with Crippen molar-refractivity contribution >= 4 is 5.97 Å². The minimum absolute atomic E-state index is 0.230. The predicted octanol–water partition coefficient (Wildman–Crippen LogP) is 2.09. The average Bonchev–Trinajstić information content (AvgIpc) is 2.40. The number of benzene rings is 1. The van der Waals surface area contributed by atoms with Gasteiger partial charge in [-0.1, -0.05) is 6.92 Å². The van der Waals surface area contributed by atoms with E-state index in [-0.39, 0.29) is 18.3 Å². The lowest BCUT2D eigenvalue weighted by atomic mass is 10.3. The molecule has 0 radical (unpaired) electrons. The number of nitrogens with zero attached hydrogens (tertiary/aromatic N) is 1.